The lowest BCUT2D eigenvalue weighted by Crippen LogP contribution is -2.55. The summed E-state index contributed by atoms with van der Waals surface area (Å²) >= 11 is 0. The Hall–Kier alpha value is -0.120. The normalized spacial score (nSPS) is 47.8. The molecule has 3 saturated heterocycles. The molecular weight excluding hydrogens is 176 g/mol. The minimum atomic E-state index is 0.386. The SMILES string of the molecule is NC1CC2CCC(CC3COC3)(C1)N2. The van der Waals surface area contributed by atoms with E-state index in [4.69, 9.17) is 10.5 Å². The molecule has 3 unspecified atom stereocenters. The van der Waals surface area contributed by atoms with E-state index in [1.165, 1.54) is 32.1 Å². The van der Waals surface area contributed by atoms with Gasteiger partial charge in [-0.2, -0.15) is 0 Å². The van der Waals surface area contributed by atoms with Gasteiger partial charge in [-0.3, -0.25) is 0 Å². The third-order valence-corrected chi connectivity index (χ3v) is 4.11. The van der Waals surface area contributed by atoms with Gasteiger partial charge in [0, 0.05) is 23.5 Å². The second-order valence-electron chi connectivity index (χ2n) is 5.47. The minimum absolute atomic E-state index is 0.386. The molecule has 3 heteroatoms. The summed E-state index contributed by atoms with van der Waals surface area (Å²) < 4.78 is 5.25. The van der Waals surface area contributed by atoms with E-state index in [-0.39, 0.29) is 0 Å². The van der Waals surface area contributed by atoms with Crippen LogP contribution in [0.1, 0.15) is 32.1 Å². The lowest BCUT2D eigenvalue weighted by Gasteiger charge is -2.42. The van der Waals surface area contributed by atoms with Gasteiger partial charge in [-0.25, -0.2) is 0 Å². The second-order valence-corrected chi connectivity index (χ2v) is 5.47. The first kappa shape index (κ1) is 9.13. The average molecular weight is 196 g/mol. The highest BCUT2D eigenvalue weighted by molar-refractivity contribution is 5.06. The van der Waals surface area contributed by atoms with Crippen molar-refractivity contribution in [1.29, 1.82) is 0 Å². The van der Waals surface area contributed by atoms with Crippen molar-refractivity contribution in [2.24, 2.45) is 11.7 Å². The maximum atomic E-state index is 6.10. The van der Waals surface area contributed by atoms with Crippen LogP contribution in [0.3, 0.4) is 0 Å². The molecule has 3 atom stereocenters. The number of rotatable bonds is 2. The van der Waals surface area contributed by atoms with Crippen LogP contribution in [0.4, 0.5) is 0 Å². The topological polar surface area (TPSA) is 47.3 Å². The molecule has 0 amide bonds. The van der Waals surface area contributed by atoms with Crippen molar-refractivity contribution in [1.82, 2.24) is 5.32 Å². The molecule has 3 aliphatic heterocycles. The van der Waals surface area contributed by atoms with Crippen molar-refractivity contribution in [2.45, 2.75) is 49.7 Å². The summed E-state index contributed by atoms with van der Waals surface area (Å²) in [6.45, 7) is 1.95. The summed E-state index contributed by atoms with van der Waals surface area (Å²) in [4.78, 5) is 0. The van der Waals surface area contributed by atoms with Crippen LogP contribution in [0.15, 0.2) is 0 Å². The van der Waals surface area contributed by atoms with Crippen LogP contribution in [-0.2, 0) is 4.74 Å². The van der Waals surface area contributed by atoms with E-state index < -0.39 is 0 Å². The van der Waals surface area contributed by atoms with Crippen LogP contribution in [0.25, 0.3) is 0 Å². The van der Waals surface area contributed by atoms with E-state index in [1.54, 1.807) is 0 Å². The smallest absolute Gasteiger partial charge is 0.0517 e. The molecule has 3 aliphatic rings. The number of piperidine rings is 1. The van der Waals surface area contributed by atoms with Crippen LogP contribution in [0.2, 0.25) is 0 Å². The Morgan fingerprint density at radius 1 is 1.43 bits per heavy atom. The fourth-order valence-electron chi connectivity index (χ4n) is 3.52. The molecule has 0 spiro atoms. The van der Waals surface area contributed by atoms with Gasteiger partial charge >= 0.3 is 0 Å². The standard InChI is InChI=1S/C11H20N2O/c12-9-3-10-1-2-11(5-9,13-10)4-8-6-14-7-8/h8-10,13H,1-7,12H2. The predicted molar refractivity (Wildman–Crippen MR) is 55.0 cm³/mol. The molecule has 0 saturated carbocycles. The van der Waals surface area contributed by atoms with Gasteiger partial charge in [-0.05, 0) is 32.1 Å². The fraction of sp³-hybridized carbons (Fsp3) is 1.00. The number of hydrogen-bond donors (Lipinski definition) is 2. The molecule has 0 aromatic rings. The number of hydrogen-bond acceptors (Lipinski definition) is 3. The van der Waals surface area contributed by atoms with Gasteiger partial charge in [0.2, 0.25) is 0 Å². The van der Waals surface area contributed by atoms with Crippen molar-refractivity contribution >= 4 is 0 Å². The van der Waals surface area contributed by atoms with Crippen molar-refractivity contribution in [2.75, 3.05) is 13.2 Å². The Morgan fingerprint density at radius 2 is 2.29 bits per heavy atom. The van der Waals surface area contributed by atoms with E-state index in [9.17, 15) is 0 Å². The van der Waals surface area contributed by atoms with Crippen molar-refractivity contribution < 1.29 is 4.74 Å². The summed E-state index contributed by atoms with van der Waals surface area (Å²) in [5, 5.41) is 3.80. The van der Waals surface area contributed by atoms with Crippen LogP contribution in [0, 0.1) is 5.92 Å². The first-order valence-corrected chi connectivity index (χ1v) is 5.87. The van der Waals surface area contributed by atoms with Crippen LogP contribution < -0.4 is 11.1 Å². The number of fused-ring (bicyclic) bond motifs is 2. The maximum absolute atomic E-state index is 6.10. The second kappa shape index (κ2) is 3.19. The molecule has 3 heterocycles. The molecular formula is C11H20N2O. The van der Waals surface area contributed by atoms with Crippen molar-refractivity contribution in [3.63, 3.8) is 0 Å². The Labute approximate surface area is 85.4 Å². The van der Waals surface area contributed by atoms with Crippen LogP contribution >= 0.6 is 0 Å². The molecule has 3 rings (SSSR count). The Bertz CT molecular complexity index is 229. The van der Waals surface area contributed by atoms with Gasteiger partial charge < -0.3 is 15.8 Å². The molecule has 3 N–H and O–H groups in total. The monoisotopic (exact) mass is 196 g/mol. The van der Waals surface area contributed by atoms with E-state index >= 15 is 0 Å². The lowest BCUT2D eigenvalue weighted by atomic mass is 9.79. The third kappa shape index (κ3) is 1.47. The molecule has 0 aliphatic carbocycles. The Balaban J connectivity index is 1.68. The maximum Gasteiger partial charge on any atom is 0.0517 e. The van der Waals surface area contributed by atoms with E-state index in [0.29, 0.717) is 17.6 Å². The Morgan fingerprint density at radius 3 is 3.00 bits per heavy atom. The molecule has 2 bridgehead atoms. The summed E-state index contributed by atoms with van der Waals surface area (Å²) in [5.41, 5.74) is 6.49. The van der Waals surface area contributed by atoms with Gasteiger partial charge in [0.05, 0.1) is 13.2 Å². The third-order valence-electron chi connectivity index (χ3n) is 4.11. The lowest BCUT2D eigenvalue weighted by molar-refractivity contribution is -0.0494. The fourth-order valence-corrected chi connectivity index (χ4v) is 3.52. The minimum Gasteiger partial charge on any atom is -0.381 e. The molecule has 80 valence electrons. The van der Waals surface area contributed by atoms with Crippen LogP contribution in [0.5, 0.6) is 0 Å². The van der Waals surface area contributed by atoms with Gasteiger partial charge in [-0.15, -0.1) is 0 Å². The first-order chi connectivity index (χ1) is 6.76. The quantitative estimate of drug-likeness (QED) is 0.681. The highest BCUT2D eigenvalue weighted by Gasteiger charge is 2.45. The molecule has 3 fully saturated rings. The number of nitrogens with one attached hydrogen (secondary N) is 1. The predicted octanol–water partition coefficient (Wildman–Crippen LogP) is 0.635. The zero-order valence-corrected chi connectivity index (χ0v) is 8.67. The van der Waals surface area contributed by atoms with Gasteiger partial charge in [-0.1, -0.05) is 0 Å². The first-order valence-electron chi connectivity index (χ1n) is 5.87. The molecule has 0 radical (unpaired) electrons. The summed E-state index contributed by atoms with van der Waals surface area (Å²) in [7, 11) is 0. The van der Waals surface area contributed by atoms with Crippen molar-refractivity contribution in [3.8, 4) is 0 Å². The molecule has 3 nitrogen and oxygen atoms in total. The number of ether oxygens (including phenoxy) is 1. The van der Waals surface area contributed by atoms with E-state index in [0.717, 1.165) is 19.1 Å². The summed E-state index contributed by atoms with van der Waals surface area (Å²) in [6.07, 6.45) is 6.32. The molecule has 14 heavy (non-hydrogen) atoms. The average Bonchev–Trinajstić information content (AvgIpc) is 2.36. The van der Waals surface area contributed by atoms with Crippen molar-refractivity contribution in [3.05, 3.63) is 0 Å². The zero-order chi connectivity index (χ0) is 9.60. The Kier molecular flexibility index (Phi) is 2.08. The largest absolute Gasteiger partial charge is 0.381 e. The van der Waals surface area contributed by atoms with Gasteiger partial charge in [0.25, 0.3) is 0 Å². The number of nitrogens with two attached hydrogens (primary N) is 1. The van der Waals surface area contributed by atoms with E-state index in [2.05, 4.69) is 5.32 Å². The summed E-state index contributed by atoms with van der Waals surface area (Å²) in [5.74, 6) is 0.798. The van der Waals surface area contributed by atoms with Crippen LogP contribution in [-0.4, -0.2) is 30.8 Å². The molecule has 0 aromatic carbocycles. The highest BCUT2D eigenvalue weighted by atomic mass is 16.5. The van der Waals surface area contributed by atoms with Gasteiger partial charge in [0.15, 0.2) is 0 Å². The van der Waals surface area contributed by atoms with Gasteiger partial charge in [0.1, 0.15) is 0 Å². The summed E-state index contributed by atoms with van der Waals surface area (Å²) in [6, 6.07) is 1.14. The van der Waals surface area contributed by atoms with E-state index in [1.807, 2.05) is 0 Å². The highest BCUT2D eigenvalue weighted by Crippen LogP contribution is 2.40. The zero-order valence-electron chi connectivity index (χ0n) is 8.67. The molecule has 0 aromatic heterocycles.